The summed E-state index contributed by atoms with van der Waals surface area (Å²) in [7, 11) is 0. The molecule has 0 radical (unpaired) electrons. The molecule has 2 nitrogen and oxygen atoms in total. The van der Waals surface area contributed by atoms with Crippen molar-refractivity contribution in [3.05, 3.63) is 138 Å². The number of hydrogen-bond acceptors (Lipinski definition) is 2. The number of anilines is 3. The molecule has 5 aromatic carbocycles. The van der Waals surface area contributed by atoms with E-state index in [-0.39, 0.29) is 16.2 Å². The lowest BCUT2D eigenvalue weighted by Crippen LogP contribution is -2.57. The van der Waals surface area contributed by atoms with Gasteiger partial charge in [-0.15, -0.1) is 0 Å². The minimum Gasteiger partial charge on any atom is -0.457 e. The Morgan fingerprint density at radius 2 is 1.12 bits per heavy atom. The van der Waals surface area contributed by atoms with Crippen LogP contribution < -0.4 is 9.64 Å². The van der Waals surface area contributed by atoms with Crippen molar-refractivity contribution in [3.8, 4) is 22.6 Å². The van der Waals surface area contributed by atoms with Crippen molar-refractivity contribution in [2.45, 2.75) is 88.9 Å². The van der Waals surface area contributed by atoms with Gasteiger partial charge in [0, 0.05) is 27.9 Å². The molecule has 6 aliphatic rings. The zero-order valence-corrected chi connectivity index (χ0v) is 30.1. The van der Waals surface area contributed by atoms with Gasteiger partial charge in [0.1, 0.15) is 11.5 Å². The van der Waals surface area contributed by atoms with Gasteiger partial charge in [0.2, 0.25) is 0 Å². The summed E-state index contributed by atoms with van der Waals surface area (Å²) in [5, 5.41) is 0. The van der Waals surface area contributed by atoms with E-state index in [1.165, 1.54) is 95.4 Å². The van der Waals surface area contributed by atoms with Crippen molar-refractivity contribution in [1.82, 2.24) is 0 Å². The van der Waals surface area contributed by atoms with Gasteiger partial charge in [-0.25, -0.2) is 0 Å². The van der Waals surface area contributed by atoms with Gasteiger partial charge in [-0.2, -0.15) is 0 Å². The molecule has 1 heterocycles. The number of para-hydroxylation sites is 1. The summed E-state index contributed by atoms with van der Waals surface area (Å²) < 4.78 is 6.85. The molecule has 0 N–H and O–H groups in total. The average Bonchev–Trinajstić information content (AvgIpc) is 3.12. The third-order valence-corrected chi connectivity index (χ3v) is 13.9. The number of hydrogen-bond donors (Lipinski definition) is 0. The number of rotatable bonds is 4. The average molecular weight is 656 g/mol. The second-order valence-electron chi connectivity index (χ2n) is 17.7. The number of fused-ring (bicyclic) bond motifs is 3. The molecular formula is C48H49NO. The summed E-state index contributed by atoms with van der Waals surface area (Å²) in [5.41, 5.74) is 12.3. The minimum absolute atomic E-state index is 0.00776. The van der Waals surface area contributed by atoms with Crippen LogP contribution >= 0.6 is 0 Å². The second-order valence-corrected chi connectivity index (χ2v) is 17.7. The van der Waals surface area contributed by atoms with Crippen LogP contribution in [0.15, 0.2) is 115 Å². The largest absolute Gasteiger partial charge is 0.457 e. The molecule has 0 amide bonds. The molecule has 2 heteroatoms. The fourth-order valence-electron chi connectivity index (χ4n) is 11.8. The highest BCUT2D eigenvalue weighted by Crippen LogP contribution is 2.69. The highest BCUT2D eigenvalue weighted by molar-refractivity contribution is 5.83. The first-order chi connectivity index (χ1) is 24.2. The lowest BCUT2D eigenvalue weighted by Gasteiger charge is -2.63. The molecule has 50 heavy (non-hydrogen) atoms. The van der Waals surface area contributed by atoms with E-state index in [9.17, 15) is 0 Å². The maximum atomic E-state index is 6.85. The van der Waals surface area contributed by atoms with E-state index in [1.54, 1.807) is 0 Å². The maximum absolute atomic E-state index is 6.85. The molecule has 11 rings (SSSR count). The molecule has 0 atom stereocenters. The van der Waals surface area contributed by atoms with E-state index in [2.05, 4.69) is 148 Å². The Morgan fingerprint density at radius 1 is 0.520 bits per heavy atom. The Balaban J connectivity index is 1.20. The third kappa shape index (κ3) is 4.39. The van der Waals surface area contributed by atoms with Crippen molar-refractivity contribution in [2.24, 2.45) is 23.7 Å². The summed E-state index contributed by atoms with van der Waals surface area (Å²) >= 11 is 0. The molecule has 5 aliphatic carbocycles. The molecule has 4 bridgehead atoms. The number of ether oxygens (including phenoxy) is 1. The molecule has 252 valence electrons. The second kappa shape index (κ2) is 10.8. The van der Waals surface area contributed by atoms with Gasteiger partial charge < -0.3 is 9.64 Å². The van der Waals surface area contributed by atoms with Crippen LogP contribution in [0.5, 0.6) is 11.5 Å². The molecular weight excluding hydrogens is 607 g/mol. The van der Waals surface area contributed by atoms with E-state index in [0.717, 1.165) is 23.3 Å². The Bertz CT molecular complexity index is 2080. The normalized spacial score (nSPS) is 27.6. The zero-order chi connectivity index (χ0) is 33.8. The van der Waals surface area contributed by atoms with Crippen molar-refractivity contribution >= 4 is 17.1 Å². The van der Waals surface area contributed by atoms with E-state index < -0.39 is 0 Å². The van der Waals surface area contributed by atoms with Gasteiger partial charge in [-0.05, 0) is 144 Å². The first-order valence-electron chi connectivity index (χ1n) is 19.2. The summed E-state index contributed by atoms with van der Waals surface area (Å²) in [6.07, 6.45) is 9.23. The maximum Gasteiger partial charge on any atom is 0.131 e. The van der Waals surface area contributed by atoms with Gasteiger partial charge in [-0.3, -0.25) is 0 Å². The number of benzene rings is 5. The Hall–Kier alpha value is -4.30. The SMILES string of the molecule is CC1(C)CCC(C)(C)c2c(N(c3ccc(-c4ccccc4)cc3)c3ccc4c(c3)C3(c5ccccc5O4)C4CC5CC(C4)CC3C5)cccc21. The van der Waals surface area contributed by atoms with Crippen LogP contribution in [-0.2, 0) is 16.2 Å². The summed E-state index contributed by atoms with van der Waals surface area (Å²) in [5.74, 6) is 5.27. The molecule has 4 saturated carbocycles. The van der Waals surface area contributed by atoms with Crippen LogP contribution in [0.1, 0.15) is 94.9 Å². The van der Waals surface area contributed by atoms with Gasteiger partial charge in [0.15, 0.2) is 0 Å². The number of nitrogens with zero attached hydrogens (tertiary/aromatic N) is 1. The molecule has 1 spiro atoms. The lowest BCUT2D eigenvalue weighted by molar-refractivity contribution is -0.0452. The topological polar surface area (TPSA) is 12.5 Å². The Morgan fingerprint density at radius 3 is 1.86 bits per heavy atom. The minimum atomic E-state index is 0.00776. The van der Waals surface area contributed by atoms with Crippen molar-refractivity contribution in [3.63, 3.8) is 0 Å². The fourth-order valence-corrected chi connectivity index (χ4v) is 11.8. The molecule has 0 aromatic heterocycles. The van der Waals surface area contributed by atoms with Gasteiger partial charge >= 0.3 is 0 Å². The quantitative estimate of drug-likeness (QED) is 0.191. The summed E-state index contributed by atoms with van der Waals surface area (Å²) in [6.45, 7) is 9.80. The Kier molecular flexibility index (Phi) is 6.62. The van der Waals surface area contributed by atoms with Crippen molar-refractivity contribution in [2.75, 3.05) is 4.90 Å². The Labute approximate surface area is 298 Å². The van der Waals surface area contributed by atoms with Crippen LogP contribution in [0.3, 0.4) is 0 Å². The van der Waals surface area contributed by atoms with Gasteiger partial charge in [-0.1, -0.05) is 100 Å². The predicted octanol–water partition coefficient (Wildman–Crippen LogP) is 13.0. The summed E-state index contributed by atoms with van der Waals surface area (Å²) in [4.78, 5) is 2.58. The van der Waals surface area contributed by atoms with Crippen molar-refractivity contribution in [1.29, 1.82) is 0 Å². The molecule has 1 aliphatic heterocycles. The smallest absolute Gasteiger partial charge is 0.131 e. The summed E-state index contributed by atoms with van der Waals surface area (Å²) in [6, 6.07) is 43.4. The first kappa shape index (κ1) is 30.5. The third-order valence-electron chi connectivity index (χ3n) is 13.9. The van der Waals surface area contributed by atoms with Crippen molar-refractivity contribution < 1.29 is 4.74 Å². The monoisotopic (exact) mass is 655 g/mol. The molecule has 0 unspecified atom stereocenters. The van der Waals surface area contributed by atoms with Gasteiger partial charge in [0.25, 0.3) is 0 Å². The predicted molar refractivity (Wildman–Crippen MR) is 206 cm³/mol. The highest BCUT2D eigenvalue weighted by Gasteiger charge is 2.61. The van der Waals surface area contributed by atoms with Crippen LogP contribution in [0.2, 0.25) is 0 Å². The highest BCUT2D eigenvalue weighted by atomic mass is 16.5. The molecule has 0 saturated heterocycles. The van der Waals surface area contributed by atoms with E-state index in [0.29, 0.717) is 11.8 Å². The lowest BCUT2D eigenvalue weighted by atomic mass is 9.42. The zero-order valence-electron chi connectivity index (χ0n) is 30.1. The van der Waals surface area contributed by atoms with E-state index in [4.69, 9.17) is 4.74 Å². The van der Waals surface area contributed by atoms with Crippen LogP contribution in [-0.4, -0.2) is 0 Å². The van der Waals surface area contributed by atoms with Crippen LogP contribution in [0, 0.1) is 23.7 Å². The van der Waals surface area contributed by atoms with Crippen LogP contribution in [0.4, 0.5) is 17.1 Å². The fraction of sp³-hybridized carbons (Fsp3) is 0.375. The first-order valence-corrected chi connectivity index (χ1v) is 19.2. The standard InChI is InChI=1S/C48H49NO/c1-46(2)23-24-47(3,4)45-40(46)14-10-15-42(45)49(37-19-17-34(18-20-37)33-11-6-5-7-12-33)38-21-22-44-41(30-38)48(39-13-8-9-16-43(39)50-44)35-26-31-25-32(28-35)29-36(48)27-31/h5-22,30-32,35-36H,23-29H2,1-4H3. The van der Waals surface area contributed by atoms with E-state index >= 15 is 0 Å². The van der Waals surface area contributed by atoms with Crippen LogP contribution in [0.25, 0.3) is 11.1 Å². The molecule has 4 fully saturated rings. The van der Waals surface area contributed by atoms with E-state index in [1.807, 2.05) is 0 Å². The van der Waals surface area contributed by atoms with Gasteiger partial charge in [0.05, 0.1) is 5.69 Å². The molecule has 5 aromatic rings.